The maximum atomic E-state index is 14.2. The molecule has 0 aliphatic heterocycles. The summed E-state index contributed by atoms with van der Waals surface area (Å²) < 4.78 is 15.7. The number of imidazole rings is 1. The highest BCUT2D eigenvalue weighted by atomic mass is 19.1. The fourth-order valence-electron chi connectivity index (χ4n) is 4.78. The van der Waals surface area contributed by atoms with E-state index in [1.54, 1.807) is 17.0 Å². The topological polar surface area (TPSA) is 38.1 Å². The Morgan fingerprint density at radius 1 is 0.865 bits per heavy atom. The van der Waals surface area contributed by atoms with Crippen LogP contribution in [0.15, 0.2) is 97.1 Å². The van der Waals surface area contributed by atoms with Gasteiger partial charge in [0.2, 0.25) is 5.91 Å². The van der Waals surface area contributed by atoms with Crippen molar-refractivity contribution in [1.29, 1.82) is 0 Å². The first-order valence-electron chi connectivity index (χ1n) is 12.5. The van der Waals surface area contributed by atoms with Crippen molar-refractivity contribution in [1.82, 2.24) is 14.5 Å². The molecule has 4 nitrogen and oxygen atoms in total. The van der Waals surface area contributed by atoms with Crippen LogP contribution in [0.4, 0.5) is 4.39 Å². The molecule has 0 aliphatic carbocycles. The third-order valence-corrected chi connectivity index (χ3v) is 6.90. The smallest absolute Gasteiger partial charge is 0.250 e. The van der Waals surface area contributed by atoms with Crippen molar-refractivity contribution < 1.29 is 9.18 Å². The zero-order valence-electron chi connectivity index (χ0n) is 21.4. The number of hydrogen-bond acceptors (Lipinski definition) is 2. The highest BCUT2D eigenvalue weighted by Gasteiger charge is 2.30. The summed E-state index contributed by atoms with van der Waals surface area (Å²) in [4.78, 5) is 21.0. The molecule has 0 saturated carbocycles. The van der Waals surface area contributed by atoms with E-state index in [1.807, 2.05) is 67.7 Å². The molecule has 0 spiro atoms. The normalized spacial score (nSPS) is 12.0. The number of hydrogen-bond donors (Lipinski definition) is 0. The Morgan fingerprint density at radius 3 is 2.16 bits per heavy atom. The number of fused-ring (bicyclic) bond motifs is 1. The lowest BCUT2D eigenvalue weighted by Crippen LogP contribution is -2.35. The highest BCUT2D eigenvalue weighted by molar-refractivity contribution is 5.87. The van der Waals surface area contributed by atoms with Gasteiger partial charge in [0.15, 0.2) is 0 Å². The fourth-order valence-corrected chi connectivity index (χ4v) is 4.78. The maximum Gasteiger partial charge on any atom is 0.250 e. The number of halogens is 1. The predicted octanol–water partition coefficient (Wildman–Crippen LogP) is 6.63. The molecule has 0 fully saturated rings. The number of nitrogens with zero attached hydrogens (tertiary/aromatic N) is 3. The van der Waals surface area contributed by atoms with Gasteiger partial charge in [0.05, 0.1) is 11.0 Å². The molecule has 186 valence electrons. The molecule has 0 aliphatic rings. The van der Waals surface area contributed by atoms with Gasteiger partial charge in [-0.05, 0) is 65.9 Å². The van der Waals surface area contributed by atoms with Crippen LogP contribution in [-0.4, -0.2) is 27.4 Å². The number of likely N-dealkylation sites (N-methyl/N-ethyl adjacent to an activating group) is 1. The average molecular weight is 492 g/mol. The van der Waals surface area contributed by atoms with Crippen LogP contribution < -0.4 is 0 Å². The zero-order chi connectivity index (χ0) is 25.9. The lowest BCUT2D eigenvalue weighted by molar-refractivity contribution is -0.132. The first-order chi connectivity index (χ1) is 17.9. The standard InChI is InChI=1S/C32H30FN3O/c1-22-18-28-29(19-23(22)2)36(30(34-28)20-24-14-16-27(33)17-15-24)31(26-12-8-5-9-13-26)32(37)35(3)21-25-10-6-4-7-11-25/h4-19,31H,20-21H2,1-3H3/t31-/m0/s1. The first-order valence-corrected chi connectivity index (χ1v) is 12.5. The van der Waals surface area contributed by atoms with Crippen molar-refractivity contribution >= 4 is 16.9 Å². The molecule has 4 aromatic carbocycles. The molecule has 0 N–H and O–H groups in total. The van der Waals surface area contributed by atoms with E-state index in [1.165, 1.54) is 12.1 Å². The Hall–Kier alpha value is -4.25. The third-order valence-electron chi connectivity index (χ3n) is 6.90. The van der Waals surface area contributed by atoms with Gasteiger partial charge in [-0.25, -0.2) is 9.37 Å². The third kappa shape index (κ3) is 5.17. The lowest BCUT2D eigenvalue weighted by atomic mass is 10.0. The minimum Gasteiger partial charge on any atom is -0.339 e. The van der Waals surface area contributed by atoms with E-state index in [9.17, 15) is 9.18 Å². The highest BCUT2D eigenvalue weighted by Crippen LogP contribution is 2.31. The SMILES string of the molecule is Cc1cc2nc(Cc3ccc(F)cc3)n([C@H](C(=O)N(C)Cc3ccccc3)c3ccccc3)c2cc1C. The van der Waals surface area contributed by atoms with Gasteiger partial charge in [0.25, 0.3) is 0 Å². The molecule has 5 heteroatoms. The summed E-state index contributed by atoms with van der Waals surface area (Å²) in [6.07, 6.45) is 0.478. The summed E-state index contributed by atoms with van der Waals surface area (Å²) in [5, 5.41) is 0. The van der Waals surface area contributed by atoms with Crippen LogP contribution in [0.3, 0.4) is 0 Å². The molecule has 0 saturated heterocycles. The summed E-state index contributed by atoms with van der Waals surface area (Å²) in [7, 11) is 1.85. The second-order valence-electron chi connectivity index (χ2n) is 9.62. The summed E-state index contributed by atoms with van der Waals surface area (Å²) in [6, 6.07) is 29.9. The van der Waals surface area contributed by atoms with E-state index in [0.717, 1.165) is 44.7 Å². The Bertz CT molecular complexity index is 1530. The summed E-state index contributed by atoms with van der Waals surface area (Å²) in [5.74, 6) is 0.471. The van der Waals surface area contributed by atoms with Crippen molar-refractivity contribution in [2.75, 3.05) is 7.05 Å². The van der Waals surface area contributed by atoms with Crippen LogP contribution in [0, 0.1) is 19.7 Å². The minimum atomic E-state index is -0.600. The number of amides is 1. The number of carbonyl (C=O) groups excluding carboxylic acids is 1. The molecule has 1 aromatic heterocycles. The van der Waals surface area contributed by atoms with Crippen molar-refractivity contribution in [2.24, 2.45) is 0 Å². The number of carbonyl (C=O) groups is 1. The second kappa shape index (κ2) is 10.4. The molecule has 37 heavy (non-hydrogen) atoms. The Morgan fingerprint density at radius 2 is 1.49 bits per heavy atom. The second-order valence-corrected chi connectivity index (χ2v) is 9.62. The lowest BCUT2D eigenvalue weighted by Gasteiger charge is -2.27. The summed E-state index contributed by atoms with van der Waals surface area (Å²) >= 11 is 0. The molecule has 1 amide bonds. The van der Waals surface area contributed by atoms with Gasteiger partial charge in [0, 0.05) is 20.0 Å². The molecule has 0 unspecified atom stereocenters. The first kappa shape index (κ1) is 24.4. The number of aryl methyl sites for hydroxylation is 2. The van der Waals surface area contributed by atoms with Crippen LogP contribution in [-0.2, 0) is 17.8 Å². The monoisotopic (exact) mass is 491 g/mol. The molecule has 0 bridgehead atoms. The summed E-state index contributed by atoms with van der Waals surface area (Å²) in [6.45, 7) is 4.65. The van der Waals surface area contributed by atoms with Crippen LogP contribution in [0.1, 0.15) is 39.7 Å². The molecule has 1 heterocycles. The van der Waals surface area contributed by atoms with E-state index in [4.69, 9.17) is 4.98 Å². The summed E-state index contributed by atoms with van der Waals surface area (Å²) in [5.41, 5.74) is 6.94. The van der Waals surface area contributed by atoms with E-state index in [-0.39, 0.29) is 11.7 Å². The predicted molar refractivity (Wildman–Crippen MR) is 146 cm³/mol. The Balaban J connectivity index is 1.66. The minimum absolute atomic E-state index is 0.0204. The van der Waals surface area contributed by atoms with Gasteiger partial charge in [-0.3, -0.25) is 4.79 Å². The quantitative estimate of drug-likeness (QED) is 0.256. The van der Waals surface area contributed by atoms with Gasteiger partial charge in [-0.2, -0.15) is 0 Å². The van der Waals surface area contributed by atoms with Crippen LogP contribution in [0.25, 0.3) is 11.0 Å². The number of benzene rings is 4. The number of aromatic nitrogens is 2. The Labute approximate surface area is 217 Å². The van der Waals surface area contributed by atoms with Crippen molar-refractivity contribution in [3.63, 3.8) is 0 Å². The van der Waals surface area contributed by atoms with Gasteiger partial charge >= 0.3 is 0 Å². The van der Waals surface area contributed by atoms with Gasteiger partial charge in [0.1, 0.15) is 17.7 Å². The van der Waals surface area contributed by atoms with Crippen LogP contribution in [0.2, 0.25) is 0 Å². The van der Waals surface area contributed by atoms with E-state index < -0.39 is 6.04 Å². The largest absolute Gasteiger partial charge is 0.339 e. The van der Waals surface area contributed by atoms with Crippen LogP contribution >= 0.6 is 0 Å². The van der Waals surface area contributed by atoms with Gasteiger partial charge in [-0.1, -0.05) is 72.8 Å². The average Bonchev–Trinajstić information content (AvgIpc) is 3.23. The zero-order valence-corrected chi connectivity index (χ0v) is 21.4. The Kier molecular flexibility index (Phi) is 6.87. The van der Waals surface area contributed by atoms with Crippen molar-refractivity contribution in [2.45, 2.75) is 32.9 Å². The van der Waals surface area contributed by atoms with Gasteiger partial charge < -0.3 is 9.47 Å². The van der Waals surface area contributed by atoms with E-state index in [0.29, 0.717) is 13.0 Å². The van der Waals surface area contributed by atoms with Gasteiger partial charge in [-0.15, -0.1) is 0 Å². The molecule has 0 radical (unpaired) electrons. The van der Waals surface area contributed by atoms with Crippen LogP contribution in [0.5, 0.6) is 0 Å². The maximum absolute atomic E-state index is 14.2. The molecule has 5 aromatic rings. The molecular weight excluding hydrogens is 461 g/mol. The number of rotatable bonds is 7. The molecule has 1 atom stereocenters. The molecular formula is C32H30FN3O. The van der Waals surface area contributed by atoms with Crippen molar-refractivity contribution in [3.05, 3.63) is 137 Å². The van der Waals surface area contributed by atoms with Crippen molar-refractivity contribution in [3.8, 4) is 0 Å². The van der Waals surface area contributed by atoms with E-state index >= 15 is 0 Å². The molecule has 5 rings (SSSR count). The van der Waals surface area contributed by atoms with E-state index in [2.05, 4.69) is 30.5 Å². The fraction of sp³-hybridized carbons (Fsp3) is 0.188.